The van der Waals surface area contributed by atoms with Crippen LogP contribution in [0, 0.1) is 0 Å². The van der Waals surface area contributed by atoms with Gasteiger partial charge in [-0.15, -0.1) is 13.2 Å². The fraction of sp³-hybridized carbons (Fsp3) is 0.143. The summed E-state index contributed by atoms with van der Waals surface area (Å²) >= 11 is 0. The molecule has 0 saturated heterocycles. The maximum Gasteiger partial charge on any atom is -0.0120 e. The molecule has 0 heteroatoms. The van der Waals surface area contributed by atoms with Crippen LogP contribution >= 0.6 is 0 Å². The molecule has 1 aliphatic carbocycles. The van der Waals surface area contributed by atoms with E-state index >= 15 is 0 Å². The summed E-state index contributed by atoms with van der Waals surface area (Å²) < 4.78 is 0. The van der Waals surface area contributed by atoms with E-state index in [9.17, 15) is 0 Å². The van der Waals surface area contributed by atoms with Gasteiger partial charge in [0.15, 0.2) is 0 Å². The first-order chi connectivity index (χ1) is 6.95. The third kappa shape index (κ3) is 1.24. The van der Waals surface area contributed by atoms with Crippen LogP contribution < -0.4 is 0 Å². The topological polar surface area (TPSA) is 0 Å². The van der Waals surface area contributed by atoms with Gasteiger partial charge in [0.2, 0.25) is 0 Å². The third-order valence-corrected chi connectivity index (χ3v) is 2.74. The normalized spacial score (nSPS) is 12.3. The number of hydrogen-bond acceptors (Lipinski definition) is 0. The van der Waals surface area contributed by atoms with Crippen molar-refractivity contribution in [2.45, 2.75) is 12.8 Å². The molecule has 70 valence electrons. The van der Waals surface area contributed by atoms with E-state index in [1.54, 1.807) is 0 Å². The minimum Gasteiger partial charge on any atom is -0.106 e. The van der Waals surface area contributed by atoms with Gasteiger partial charge in [0.25, 0.3) is 0 Å². The third-order valence-electron chi connectivity index (χ3n) is 2.74. The number of rotatable bonds is 0. The van der Waals surface area contributed by atoms with Gasteiger partial charge in [0.05, 0.1) is 0 Å². The van der Waals surface area contributed by atoms with Gasteiger partial charge in [-0.2, -0.15) is 0 Å². The Hall–Kier alpha value is -1.56. The molecule has 0 aromatic heterocycles. The molecule has 14 heavy (non-hydrogen) atoms. The minimum absolute atomic E-state index is 1.23. The Kier molecular flexibility index (Phi) is 2.36. The van der Waals surface area contributed by atoms with E-state index in [2.05, 4.69) is 49.6 Å². The van der Waals surface area contributed by atoms with Crippen LogP contribution in [0.15, 0.2) is 49.6 Å². The van der Waals surface area contributed by atoms with Gasteiger partial charge in [0, 0.05) is 0 Å². The van der Waals surface area contributed by atoms with Crippen molar-refractivity contribution in [2.75, 3.05) is 0 Å². The van der Waals surface area contributed by atoms with Gasteiger partial charge in [-0.1, -0.05) is 36.4 Å². The van der Waals surface area contributed by atoms with E-state index in [0.717, 1.165) is 0 Å². The Morgan fingerprint density at radius 1 is 0.786 bits per heavy atom. The quantitative estimate of drug-likeness (QED) is 0.544. The number of benzene rings is 2. The van der Waals surface area contributed by atoms with Gasteiger partial charge in [-0.05, 0) is 34.7 Å². The summed E-state index contributed by atoms with van der Waals surface area (Å²) in [6, 6.07) is 13.2. The van der Waals surface area contributed by atoms with Crippen LogP contribution in [0.5, 0.6) is 0 Å². The van der Waals surface area contributed by atoms with Crippen LogP contribution in [0.25, 0.3) is 10.8 Å². The van der Waals surface area contributed by atoms with Crippen LogP contribution in [0.2, 0.25) is 0 Å². The van der Waals surface area contributed by atoms with Crippen LogP contribution in [0.1, 0.15) is 11.1 Å². The molecule has 0 heterocycles. The summed E-state index contributed by atoms with van der Waals surface area (Å²) in [5.74, 6) is 0. The largest absolute Gasteiger partial charge is 0.106 e. The predicted octanol–water partition coefficient (Wildman–Crippen LogP) is 3.74. The predicted molar refractivity (Wildman–Crippen MR) is 62.6 cm³/mol. The molecule has 0 spiro atoms. The molecular formula is C14H14. The van der Waals surface area contributed by atoms with Crippen LogP contribution in [0.3, 0.4) is 0 Å². The van der Waals surface area contributed by atoms with Crippen LogP contribution in [-0.2, 0) is 12.8 Å². The van der Waals surface area contributed by atoms with Gasteiger partial charge in [-0.3, -0.25) is 0 Å². The maximum atomic E-state index is 3.00. The van der Waals surface area contributed by atoms with Gasteiger partial charge in [-0.25, -0.2) is 0 Å². The molecular weight excluding hydrogens is 168 g/mol. The summed E-state index contributed by atoms with van der Waals surface area (Å²) in [6.07, 6.45) is 2.47. The molecule has 0 nitrogen and oxygen atoms in total. The van der Waals surface area contributed by atoms with Crippen molar-refractivity contribution in [3.63, 3.8) is 0 Å². The average molecular weight is 182 g/mol. The molecule has 0 unspecified atom stereocenters. The molecule has 0 bridgehead atoms. The molecule has 0 radical (unpaired) electrons. The zero-order chi connectivity index (χ0) is 9.97. The lowest BCUT2D eigenvalue weighted by Crippen LogP contribution is -1.76. The standard InChI is InChI=1S/C12H10.C2H4/c1-3-9-4-2-6-11-8-7-10(5-1)12(9)11;1-2/h1-6H,7-8H2;1-2H2. The van der Waals surface area contributed by atoms with Crippen molar-refractivity contribution >= 4 is 10.8 Å². The van der Waals surface area contributed by atoms with Crippen molar-refractivity contribution in [2.24, 2.45) is 0 Å². The highest BCUT2D eigenvalue weighted by atomic mass is 14.2. The second-order valence-corrected chi connectivity index (χ2v) is 3.43. The molecule has 0 fully saturated rings. The Morgan fingerprint density at radius 2 is 1.29 bits per heavy atom. The Morgan fingerprint density at radius 3 is 1.79 bits per heavy atom. The van der Waals surface area contributed by atoms with Crippen molar-refractivity contribution in [1.82, 2.24) is 0 Å². The van der Waals surface area contributed by atoms with E-state index in [0.29, 0.717) is 0 Å². The Bertz CT molecular complexity index is 416. The van der Waals surface area contributed by atoms with Gasteiger partial charge < -0.3 is 0 Å². The lowest BCUT2D eigenvalue weighted by Gasteiger charge is -1.99. The first kappa shape index (κ1) is 9.01. The highest BCUT2D eigenvalue weighted by Gasteiger charge is 2.11. The second-order valence-electron chi connectivity index (χ2n) is 3.43. The molecule has 2 aromatic carbocycles. The SMILES string of the molecule is C=C.c1cc2c3c(cccc3c1)CC2. The van der Waals surface area contributed by atoms with Gasteiger partial charge >= 0.3 is 0 Å². The summed E-state index contributed by atoms with van der Waals surface area (Å²) in [5, 5.41) is 2.92. The first-order valence-electron chi connectivity index (χ1n) is 4.95. The highest BCUT2D eigenvalue weighted by Crippen LogP contribution is 2.29. The smallest absolute Gasteiger partial charge is 0.0120 e. The highest BCUT2D eigenvalue weighted by molar-refractivity contribution is 5.90. The molecule has 3 rings (SSSR count). The molecule has 0 atom stereocenters. The lowest BCUT2D eigenvalue weighted by molar-refractivity contribution is 1.02. The summed E-state index contributed by atoms with van der Waals surface area (Å²) in [5.41, 5.74) is 3.06. The summed E-state index contributed by atoms with van der Waals surface area (Å²) in [7, 11) is 0. The lowest BCUT2D eigenvalue weighted by atomic mass is 10.1. The van der Waals surface area contributed by atoms with E-state index in [1.807, 2.05) is 0 Å². The van der Waals surface area contributed by atoms with Gasteiger partial charge in [0.1, 0.15) is 0 Å². The second kappa shape index (κ2) is 3.67. The Labute approximate surface area is 84.9 Å². The number of hydrogen-bond donors (Lipinski definition) is 0. The van der Waals surface area contributed by atoms with E-state index in [1.165, 1.54) is 34.7 Å². The maximum absolute atomic E-state index is 3.00. The fourth-order valence-corrected chi connectivity index (χ4v) is 2.19. The van der Waals surface area contributed by atoms with Crippen LogP contribution in [-0.4, -0.2) is 0 Å². The molecule has 0 aliphatic heterocycles. The van der Waals surface area contributed by atoms with E-state index in [-0.39, 0.29) is 0 Å². The monoisotopic (exact) mass is 182 g/mol. The number of aryl methyl sites for hydroxylation is 2. The molecule has 0 saturated carbocycles. The first-order valence-corrected chi connectivity index (χ1v) is 4.95. The summed E-state index contributed by atoms with van der Waals surface area (Å²) in [4.78, 5) is 0. The van der Waals surface area contributed by atoms with Crippen LogP contribution in [0.4, 0.5) is 0 Å². The van der Waals surface area contributed by atoms with E-state index < -0.39 is 0 Å². The Balaban J connectivity index is 0.000000354. The van der Waals surface area contributed by atoms with E-state index in [4.69, 9.17) is 0 Å². The van der Waals surface area contributed by atoms with Crippen molar-refractivity contribution < 1.29 is 0 Å². The zero-order valence-electron chi connectivity index (χ0n) is 8.29. The zero-order valence-corrected chi connectivity index (χ0v) is 8.29. The molecule has 0 N–H and O–H groups in total. The molecule has 0 amide bonds. The molecule has 2 aromatic rings. The minimum atomic E-state index is 1.23. The average Bonchev–Trinajstić information content (AvgIpc) is 2.68. The molecule has 1 aliphatic rings. The summed E-state index contributed by atoms with van der Waals surface area (Å²) in [6.45, 7) is 6.00. The fourth-order valence-electron chi connectivity index (χ4n) is 2.19. The van der Waals surface area contributed by atoms with Crippen molar-refractivity contribution in [3.8, 4) is 0 Å². The van der Waals surface area contributed by atoms with Crippen molar-refractivity contribution in [1.29, 1.82) is 0 Å². The van der Waals surface area contributed by atoms with Crippen molar-refractivity contribution in [3.05, 3.63) is 60.7 Å².